The number of methoxy groups -OCH3 is 2. The summed E-state index contributed by atoms with van der Waals surface area (Å²) in [4.78, 5) is 17.9. The molecule has 0 unspecified atom stereocenters. The maximum atomic E-state index is 11.2. The van der Waals surface area contributed by atoms with Crippen LogP contribution in [0.2, 0.25) is 0 Å². The van der Waals surface area contributed by atoms with Crippen molar-refractivity contribution in [2.45, 2.75) is 19.9 Å². The Labute approximate surface area is 141 Å². The quantitative estimate of drug-likeness (QED) is 0.707. The topological polar surface area (TPSA) is 76.3 Å². The molecule has 0 spiro atoms. The van der Waals surface area contributed by atoms with E-state index in [1.54, 1.807) is 14.2 Å². The van der Waals surface area contributed by atoms with Crippen molar-refractivity contribution in [1.82, 2.24) is 14.3 Å². The number of carbonyl (C=O) groups is 1. The minimum absolute atomic E-state index is 0.0849. The van der Waals surface area contributed by atoms with Crippen molar-refractivity contribution in [2.24, 2.45) is 0 Å². The van der Waals surface area contributed by atoms with Crippen LogP contribution in [0.5, 0.6) is 0 Å². The summed E-state index contributed by atoms with van der Waals surface area (Å²) < 4.78 is 12.3. The predicted octanol–water partition coefficient (Wildman–Crippen LogP) is 1.36. The molecule has 0 amide bonds. The van der Waals surface area contributed by atoms with Gasteiger partial charge in [0.2, 0.25) is 0 Å². The van der Waals surface area contributed by atoms with Crippen molar-refractivity contribution >= 4 is 11.6 Å². The van der Waals surface area contributed by atoms with Crippen LogP contribution >= 0.6 is 0 Å². The van der Waals surface area contributed by atoms with Crippen LogP contribution in [0.1, 0.15) is 17.0 Å². The first-order chi connectivity index (χ1) is 11.5. The molecule has 24 heavy (non-hydrogen) atoms. The van der Waals surface area contributed by atoms with Crippen LogP contribution in [0.15, 0.2) is 18.3 Å². The van der Waals surface area contributed by atoms with Crippen LogP contribution in [0.4, 0.5) is 0 Å². The van der Waals surface area contributed by atoms with Crippen LogP contribution in [-0.4, -0.2) is 65.9 Å². The first-order valence-electron chi connectivity index (χ1n) is 7.93. The number of aryl methyl sites for hydroxylation is 1. The standard InChI is InChI=1S/C17H25N3O4/c1-13-4-5-20-15(12-19(6-8-23-2)7-9-24-3)14(11-17(21)22)18-16(20)10-13/h4-5,10H,6-9,11-12H2,1-3H3,(H,21,22). The zero-order valence-electron chi connectivity index (χ0n) is 14.5. The summed E-state index contributed by atoms with van der Waals surface area (Å²) in [5.74, 6) is -0.878. The number of nitrogens with zero attached hydrogens (tertiary/aromatic N) is 3. The molecule has 0 saturated carbocycles. The number of carboxylic acids is 1. The Morgan fingerprint density at radius 1 is 1.29 bits per heavy atom. The third kappa shape index (κ3) is 4.77. The molecule has 7 nitrogen and oxygen atoms in total. The molecule has 2 aromatic heterocycles. The largest absolute Gasteiger partial charge is 0.481 e. The van der Waals surface area contributed by atoms with E-state index in [1.807, 2.05) is 29.7 Å². The molecular formula is C17H25N3O4. The first kappa shape index (κ1) is 18.4. The summed E-state index contributed by atoms with van der Waals surface area (Å²) >= 11 is 0. The Bertz CT molecular complexity index is 676. The lowest BCUT2D eigenvalue weighted by atomic mass is 10.2. The molecule has 2 rings (SSSR count). The fourth-order valence-electron chi connectivity index (χ4n) is 2.62. The lowest BCUT2D eigenvalue weighted by Gasteiger charge is -2.22. The van der Waals surface area contributed by atoms with Crippen molar-refractivity contribution in [1.29, 1.82) is 0 Å². The summed E-state index contributed by atoms with van der Waals surface area (Å²) in [7, 11) is 3.34. The van der Waals surface area contributed by atoms with Gasteiger partial charge in [-0.3, -0.25) is 9.69 Å². The van der Waals surface area contributed by atoms with Gasteiger partial charge in [0.15, 0.2) is 0 Å². The highest BCUT2D eigenvalue weighted by Crippen LogP contribution is 2.17. The van der Waals surface area contributed by atoms with Crippen molar-refractivity contribution in [3.8, 4) is 0 Å². The number of hydrogen-bond acceptors (Lipinski definition) is 5. The zero-order valence-corrected chi connectivity index (χ0v) is 14.5. The number of aliphatic carboxylic acids is 1. The fraction of sp³-hybridized carbons (Fsp3) is 0.529. The molecule has 0 aliphatic heterocycles. The van der Waals surface area contributed by atoms with Gasteiger partial charge in [0, 0.05) is 40.1 Å². The molecule has 0 bridgehead atoms. The van der Waals surface area contributed by atoms with Gasteiger partial charge in [-0.15, -0.1) is 0 Å². The second kappa shape index (κ2) is 8.77. The Balaban J connectivity index is 2.33. The van der Waals surface area contributed by atoms with Crippen molar-refractivity contribution in [2.75, 3.05) is 40.5 Å². The number of rotatable bonds is 10. The zero-order chi connectivity index (χ0) is 17.5. The molecule has 2 heterocycles. The van der Waals surface area contributed by atoms with E-state index in [2.05, 4.69) is 9.88 Å². The van der Waals surface area contributed by atoms with Gasteiger partial charge in [-0.2, -0.15) is 0 Å². The monoisotopic (exact) mass is 335 g/mol. The first-order valence-corrected chi connectivity index (χ1v) is 7.93. The van der Waals surface area contributed by atoms with Crippen LogP contribution in [0.3, 0.4) is 0 Å². The van der Waals surface area contributed by atoms with Crippen LogP contribution in [0, 0.1) is 6.92 Å². The molecule has 2 aromatic rings. The smallest absolute Gasteiger partial charge is 0.309 e. The number of fused-ring (bicyclic) bond motifs is 1. The van der Waals surface area contributed by atoms with Gasteiger partial charge < -0.3 is 19.0 Å². The summed E-state index contributed by atoms with van der Waals surface area (Å²) in [5, 5.41) is 9.19. The maximum absolute atomic E-state index is 11.2. The second-order valence-corrected chi connectivity index (χ2v) is 5.77. The Hall–Kier alpha value is -1.96. The maximum Gasteiger partial charge on any atom is 0.309 e. The molecule has 0 saturated heterocycles. The molecular weight excluding hydrogens is 310 g/mol. The third-order valence-corrected chi connectivity index (χ3v) is 3.88. The van der Waals surface area contributed by atoms with E-state index in [0.29, 0.717) is 25.5 Å². The van der Waals surface area contributed by atoms with Gasteiger partial charge in [0.05, 0.1) is 31.0 Å². The minimum Gasteiger partial charge on any atom is -0.481 e. The highest BCUT2D eigenvalue weighted by molar-refractivity contribution is 5.70. The van der Waals surface area contributed by atoms with Gasteiger partial charge in [-0.25, -0.2) is 4.98 Å². The summed E-state index contributed by atoms with van der Waals surface area (Å²) in [6.07, 6.45) is 1.86. The average molecular weight is 335 g/mol. The second-order valence-electron chi connectivity index (χ2n) is 5.77. The van der Waals surface area contributed by atoms with Crippen molar-refractivity contribution in [3.63, 3.8) is 0 Å². The Morgan fingerprint density at radius 3 is 2.54 bits per heavy atom. The van der Waals surface area contributed by atoms with Gasteiger partial charge in [0.1, 0.15) is 5.65 Å². The van der Waals surface area contributed by atoms with Gasteiger partial charge in [-0.1, -0.05) is 0 Å². The van der Waals surface area contributed by atoms with E-state index in [9.17, 15) is 9.90 Å². The average Bonchev–Trinajstić information content (AvgIpc) is 2.85. The fourth-order valence-corrected chi connectivity index (χ4v) is 2.62. The molecule has 0 aliphatic rings. The SMILES string of the molecule is COCCN(CCOC)Cc1c(CC(=O)O)nc2cc(C)ccn12. The molecule has 0 aromatic carbocycles. The lowest BCUT2D eigenvalue weighted by molar-refractivity contribution is -0.136. The Morgan fingerprint density at radius 2 is 1.96 bits per heavy atom. The molecule has 0 fully saturated rings. The van der Waals surface area contributed by atoms with E-state index in [4.69, 9.17) is 9.47 Å². The molecule has 7 heteroatoms. The molecule has 132 valence electrons. The lowest BCUT2D eigenvalue weighted by Crippen LogP contribution is -2.31. The van der Waals surface area contributed by atoms with Crippen LogP contribution in [0.25, 0.3) is 5.65 Å². The summed E-state index contributed by atoms with van der Waals surface area (Å²) in [6.45, 7) is 5.28. The van der Waals surface area contributed by atoms with E-state index < -0.39 is 5.97 Å². The third-order valence-electron chi connectivity index (χ3n) is 3.88. The highest BCUT2D eigenvalue weighted by Gasteiger charge is 2.18. The molecule has 1 N–H and O–H groups in total. The van der Waals surface area contributed by atoms with E-state index in [0.717, 1.165) is 30.0 Å². The number of pyridine rings is 1. The van der Waals surface area contributed by atoms with Crippen molar-refractivity contribution in [3.05, 3.63) is 35.3 Å². The van der Waals surface area contributed by atoms with Gasteiger partial charge >= 0.3 is 5.97 Å². The van der Waals surface area contributed by atoms with E-state index in [1.165, 1.54) is 0 Å². The molecule has 0 atom stereocenters. The number of aromatic nitrogens is 2. The van der Waals surface area contributed by atoms with E-state index >= 15 is 0 Å². The van der Waals surface area contributed by atoms with Crippen molar-refractivity contribution < 1.29 is 19.4 Å². The normalized spacial score (nSPS) is 11.5. The molecule has 0 aliphatic carbocycles. The summed E-state index contributed by atoms with van der Waals surface area (Å²) in [5.41, 5.74) is 3.38. The van der Waals surface area contributed by atoms with Crippen LogP contribution in [-0.2, 0) is 27.2 Å². The van der Waals surface area contributed by atoms with Gasteiger partial charge in [0.25, 0.3) is 0 Å². The number of imidazole rings is 1. The number of carboxylic acid groups (broad SMARTS) is 1. The predicted molar refractivity (Wildman–Crippen MR) is 90.3 cm³/mol. The number of ether oxygens (including phenoxy) is 2. The van der Waals surface area contributed by atoms with E-state index in [-0.39, 0.29) is 6.42 Å². The minimum atomic E-state index is -0.878. The highest BCUT2D eigenvalue weighted by atomic mass is 16.5. The van der Waals surface area contributed by atoms with Gasteiger partial charge in [-0.05, 0) is 24.6 Å². The summed E-state index contributed by atoms with van der Waals surface area (Å²) in [6, 6.07) is 3.96. The van der Waals surface area contributed by atoms with Crippen LogP contribution < -0.4 is 0 Å². The molecule has 0 radical (unpaired) electrons. The Kier molecular flexibility index (Phi) is 6.72. The number of hydrogen-bond donors (Lipinski definition) is 1.